The molecule has 1 aliphatic carbocycles. The summed E-state index contributed by atoms with van der Waals surface area (Å²) < 4.78 is 0. The predicted molar refractivity (Wildman–Crippen MR) is 72.1 cm³/mol. The van der Waals surface area contributed by atoms with Gasteiger partial charge in [-0.2, -0.15) is 0 Å². The Kier molecular flexibility index (Phi) is 3.80. The molecule has 1 aromatic rings. The molecule has 0 N–H and O–H groups in total. The van der Waals surface area contributed by atoms with Crippen LogP contribution < -0.4 is 4.90 Å². The van der Waals surface area contributed by atoms with Gasteiger partial charge >= 0.3 is 0 Å². The summed E-state index contributed by atoms with van der Waals surface area (Å²) in [6, 6.07) is 7.47. The van der Waals surface area contributed by atoms with E-state index in [-0.39, 0.29) is 11.6 Å². The smallest absolute Gasteiger partial charge is 0.173 e. The SMILES string of the molecule is CN(C)c1ccc(C(=O)C2CCCCC2=O)cc1. The first-order valence-corrected chi connectivity index (χ1v) is 6.44. The van der Waals surface area contributed by atoms with Gasteiger partial charge in [0.2, 0.25) is 0 Å². The van der Waals surface area contributed by atoms with E-state index in [1.54, 1.807) is 0 Å². The quantitative estimate of drug-likeness (QED) is 0.607. The maximum absolute atomic E-state index is 12.3. The predicted octanol–water partition coefficient (Wildman–Crippen LogP) is 2.69. The Morgan fingerprint density at radius 2 is 1.83 bits per heavy atom. The fraction of sp³-hybridized carbons (Fsp3) is 0.467. The van der Waals surface area contributed by atoms with Gasteiger partial charge in [0.15, 0.2) is 5.78 Å². The Morgan fingerprint density at radius 1 is 1.17 bits per heavy atom. The van der Waals surface area contributed by atoms with Crippen LogP contribution in [0.15, 0.2) is 24.3 Å². The summed E-state index contributed by atoms with van der Waals surface area (Å²) in [4.78, 5) is 26.0. The average molecular weight is 245 g/mol. The van der Waals surface area contributed by atoms with Crippen LogP contribution in [-0.4, -0.2) is 25.7 Å². The Balaban J connectivity index is 2.15. The van der Waals surface area contributed by atoms with Gasteiger partial charge in [-0.25, -0.2) is 0 Å². The minimum atomic E-state index is -0.399. The summed E-state index contributed by atoms with van der Waals surface area (Å²) in [5, 5.41) is 0. The van der Waals surface area contributed by atoms with Crippen LogP contribution in [0.3, 0.4) is 0 Å². The maximum Gasteiger partial charge on any atom is 0.173 e. The molecule has 1 fully saturated rings. The number of Topliss-reactive ketones (excluding diaryl/α,β-unsaturated/α-hetero) is 2. The van der Waals surface area contributed by atoms with Crippen molar-refractivity contribution in [2.45, 2.75) is 25.7 Å². The van der Waals surface area contributed by atoms with Crippen molar-refractivity contribution in [1.29, 1.82) is 0 Å². The molecule has 96 valence electrons. The van der Waals surface area contributed by atoms with E-state index in [0.717, 1.165) is 18.5 Å². The summed E-state index contributed by atoms with van der Waals surface area (Å²) in [7, 11) is 3.92. The van der Waals surface area contributed by atoms with Gasteiger partial charge in [0.25, 0.3) is 0 Å². The van der Waals surface area contributed by atoms with Crippen LogP contribution in [0.25, 0.3) is 0 Å². The van der Waals surface area contributed by atoms with Crippen molar-refractivity contribution in [2.75, 3.05) is 19.0 Å². The van der Waals surface area contributed by atoms with Gasteiger partial charge in [0.1, 0.15) is 5.78 Å². The molecule has 0 spiro atoms. The number of benzene rings is 1. The van der Waals surface area contributed by atoms with Crippen molar-refractivity contribution in [2.24, 2.45) is 5.92 Å². The number of rotatable bonds is 3. The third-order valence-corrected chi connectivity index (χ3v) is 3.54. The molecule has 1 saturated carbocycles. The highest BCUT2D eigenvalue weighted by Gasteiger charge is 2.29. The molecule has 1 aromatic carbocycles. The highest BCUT2D eigenvalue weighted by Crippen LogP contribution is 2.25. The molecule has 3 heteroatoms. The molecule has 0 aromatic heterocycles. The van der Waals surface area contributed by atoms with Gasteiger partial charge in [0, 0.05) is 31.8 Å². The second-order valence-corrected chi connectivity index (χ2v) is 5.07. The highest BCUT2D eigenvalue weighted by atomic mass is 16.1. The molecular formula is C15H19NO2. The van der Waals surface area contributed by atoms with E-state index < -0.39 is 5.92 Å². The van der Waals surface area contributed by atoms with E-state index in [1.165, 1.54) is 0 Å². The van der Waals surface area contributed by atoms with Crippen molar-refractivity contribution in [3.8, 4) is 0 Å². The van der Waals surface area contributed by atoms with Gasteiger partial charge in [0.05, 0.1) is 5.92 Å². The van der Waals surface area contributed by atoms with E-state index >= 15 is 0 Å². The molecule has 0 amide bonds. The molecule has 2 rings (SSSR count). The first kappa shape index (κ1) is 12.8. The van der Waals surface area contributed by atoms with Gasteiger partial charge in [-0.3, -0.25) is 9.59 Å². The Hall–Kier alpha value is -1.64. The molecule has 0 saturated heterocycles. The lowest BCUT2D eigenvalue weighted by atomic mass is 9.83. The zero-order chi connectivity index (χ0) is 13.1. The van der Waals surface area contributed by atoms with Crippen LogP contribution in [0.5, 0.6) is 0 Å². The molecule has 3 nitrogen and oxygen atoms in total. The lowest BCUT2D eigenvalue weighted by molar-refractivity contribution is -0.122. The largest absolute Gasteiger partial charge is 0.378 e. The van der Waals surface area contributed by atoms with Crippen molar-refractivity contribution < 1.29 is 9.59 Å². The summed E-state index contributed by atoms with van der Waals surface area (Å²) in [6.45, 7) is 0. The fourth-order valence-corrected chi connectivity index (χ4v) is 2.39. The summed E-state index contributed by atoms with van der Waals surface area (Å²) in [6.07, 6.45) is 3.19. The lowest BCUT2D eigenvalue weighted by Gasteiger charge is -2.19. The number of nitrogens with zero attached hydrogens (tertiary/aromatic N) is 1. The van der Waals surface area contributed by atoms with Crippen molar-refractivity contribution >= 4 is 17.3 Å². The number of anilines is 1. The van der Waals surface area contributed by atoms with E-state index in [2.05, 4.69) is 0 Å². The first-order chi connectivity index (χ1) is 8.59. The minimum Gasteiger partial charge on any atom is -0.378 e. The molecule has 0 bridgehead atoms. The Morgan fingerprint density at radius 3 is 2.39 bits per heavy atom. The van der Waals surface area contributed by atoms with Crippen LogP contribution in [0, 0.1) is 5.92 Å². The molecular weight excluding hydrogens is 226 g/mol. The monoisotopic (exact) mass is 245 g/mol. The molecule has 1 aliphatic rings. The minimum absolute atomic E-state index is 0.00925. The van der Waals surface area contributed by atoms with Gasteiger partial charge in [-0.1, -0.05) is 6.42 Å². The fourth-order valence-electron chi connectivity index (χ4n) is 2.39. The normalized spacial score (nSPS) is 19.7. The topological polar surface area (TPSA) is 37.4 Å². The first-order valence-electron chi connectivity index (χ1n) is 6.44. The van der Waals surface area contributed by atoms with Crippen molar-refractivity contribution in [3.63, 3.8) is 0 Å². The maximum atomic E-state index is 12.3. The van der Waals surface area contributed by atoms with E-state index in [0.29, 0.717) is 18.4 Å². The van der Waals surface area contributed by atoms with Crippen molar-refractivity contribution in [1.82, 2.24) is 0 Å². The zero-order valence-electron chi connectivity index (χ0n) is 11.0. The van der Waals surface area contributed by atoms with E-state index in [1.807, 2.05) is 43.3 Å². The highest BCUT2D eigenvalue weighted by molar-refractivity contribution is 6.11. The number of ketones is 2. The summed E-state index contributed by atoms with van der Waals surface area (Å²) >= 11 is 0. The number of hydrogen-bond donors (Lipinski definition) is 0. The van der Waals surface area contributed by atoms with E-state index in [9.17, 15) is 9.59 Å². The second kappa shape index (κ2) is 5.34. The third-order valence-electron chi connectivity index (χ3n) is 3.54. The zero-order valence-corrected chi connectivity index (χ0v) is 11.0. The molecule has 0 aliphatic heterocycles. The third kappa shape index (κ3) is 2.61. The van der Waals surface area contributed by atoms with Crippen molar-refractivity contribution in [3.05, 3.63) is 29.8 Å². The molecule has 1 unspecified atom stereocenters. The molecule has 1 atom stereocenters. The van der Waals surface area contributed by atoms with Crippen LogP contribution in [0.1, 0.15) is 36.0 Å². The summed E-state index contributed by atoms with van der Waals surface area (Å²) in [5.74, 6) is -0.295. The van der Waals surface area contributed by atoms with Crippen LogP contribution in [0.4, 0.5) is 5.69 Å². The Labute approximate surface area is 108 Å². The molecule has 0 radical (unpaired) electrons. The van der Waals surface area contributed by atoms with Gasteiger partial charge < -0.3 is 4.90 Å². The standard InChI is InChI=1S/C15H19NO2/c1-16(2)12-9-7-11(8-10-12)15(18)13-5-3-4-6-14(13)17/h7-10,13H,3-6H2,1-2H3. The molecule has 0 heterocycles. The lowest BCUT2D eigenvalue weighted by Crippen LogP contribution is -2.27. The average Bonchev–Trinajstić information content (AvgIpc) is 2.38. The Bertz CT molecular complexity index is 448. The van der Waals surface area contributed by atoms with Crippen LogP contribution >= 0.6 is 0 Å². The van der Waals surface area contributed by atoms with Gasteiger partial charge in [-0.05, 0) is 37.1 Å². The van der Waals surface area contributed by atoms with Crippen LogP contribution in [-0.2, 0) is 4.79 Å². The second-order valence-electron chi connectivity index (χ2n) is 5.07. The number of carbonyl (C=O) groups excluding carboxylic acids is 2. The number of hydrogen-bond acceptors (Lipinski definition) is 3. The number of carbonyl (C=O) groups is 2. The summed E-state index contributed by atoms with van der Waals surface area (Å²) in [5.41, 5.74) is 1.71. The molecule has 18 heavy (non-hydrogen) atoms. The van der Waals surface area contributed by atoms with E-state index in [4.69, 9.17) is 0 Å². The van der Waals surface area contributed by atoms with Crippen LogP contribution in [0.2, 0.25) is 0 Å². The van der Waals surface area contributed by atoms with Gasteiger partial charge in [-0.15, -0.1) is 0 Å².